The summed E-state index contributed by atoms with van der Waals surface area (Å²) in [6.07, 6.45) is 19.0. The quantitative estimate of drug-likeness (QED) is 0.499. The van der Waals surface area contributed by atoms with E-state index < -0.39 is 0 Å². The van der Waals surface area contributed by atoms with E-state index in [9.17, 15) is 0 Å². The van der Waals surface area contributed by atoms with Crippen LogP contribution in [0.4, 0.5) is 0 Å². The molecular formula is C15H26BS. The molecule has 0 heterocycles. The molecule has 0 spiro atoms. The fourth-order valence-electron chi connectivity index (χ4n) is 3.20. The van der Waals surface area contributed by atoms with E-state index in [1.807, 2.05) is 0 Å². The molecule has 1 saturated carbocycles. The SMILES string of the molecule is CSC1CCC=C([B]C2CCCCCC2)CC1. The van der Waals surface area contributed by atoms with Gasteiger partial charge in [-0.1, -0.05) is 50.4 Å². The van der Waals surface area contributed by atoms with Crippen LogP contribution in [0.1, 0.15) is 64.2 Å². The second kappa shape index (κ2) is 7.56. The molecule has 0 aromatic heterocycles. The van der Waals surface area contributed by atoms with Crippen molar-refractivity contribution in [3.8, 4) is 0 Å². The summed E-state index contributed by atoms with van der Waals surface area (Å²) in [4.78, 5) is 0. The molecule has 0 N–H and O–H groups in total. The minimum atomic E-state index is 0.898. The maximum atomic E-state index is 2.63. The first-order chi connectivity index (χ1) is 8.38. The molecule has 0 amide bonds. The first kappa shape index (κ1) is 13.6. The van der Waals surface area contributed by atoms with E-state index in [-0.39, 0.29) is 0 Å². The van der Waals surface area contributed by atoms with Gasteiger partial charge in [-0.25, -0.2) is 0 Å². The van der Waals surface area contributed by atoms with E-state index in [2.05, 4.69) is 31.4 Å². The average molecular weight is 249 g/mol. The second-order valence-electron chi connectivity index (χ2n) is 5.67. The smallest absolute Gasteiger partial charge is 0.148 e. The van der Waals surface area contributed by atoms with Gasteiger partial charge in [0.15, 0.2) is 0 Å². The highest BCUT2D eigenvalue weighted by atomic mass is 32.2. The van der Waals surface area contributed by atoms with Crippen molar-refractivity contribution in [1.29, 1.82) is 0 Å². The molecule has 0 bridgehead atoms. The number of rotatable bonds is 3. The highest BCUT2D eigenvalue weighted by molar-refractivity contribution is 7.99. The third-order valence-corrected chi connectivity index (χ3v) is 5.47. The molecule has 2 heteroatoms. The molecule has 0 aromatic carbocycles. The van der Waals surface area contributed by atoms with Crippen LogP contribution >= 0.6 is 11.8 Å². The first-order valence-corrected chi connectivity index (χ1v) is 8.74. The molecule has 0 aliphatic heterocycles. The van der Waals surface area contributed by atoms with Crippen molar-refractivity contribution in [1.82, 2.24) is 0 Å². The minimum Gasteiger partial charge on any atom is -0.162 e. The molecule has 2 rings (SSSR count). The van der Waals surface area contributed by atoms with Gasteiger partial charge in [-0.2, -0.15) is 11.8 Å². The highest BCUT2D eigenvalue weighted by Crippen LogP contribution is 2.31. The zero-order valence-electron chi connectivity index (χ0n) is 11.3. The van der Waals surface area contributed by atoms with Gasteiger partial charge in [0.05, 0.1) is 0 Å². The Labute approximate surface area is 112 Å². The lowest BCUT2D eigenvalue weighted by molar-refractivity contribution is 0.690. The summed E-state index contributed by atoms with van der Waals surface area (Å²) in [5.41, 5.74) is 1.67. The maximum Gasteiger partial charge on any atom is 0.148 e. The molecule has 95 valence electrons. The molecule has 0 saturated heterocycles. The second-order valence-corrected chi connectivity index (χ2v) is 6.81. The van der Waals surface area contributed by atoms with Gasteiger partial charge in [-0.15, -0.1) is 5.47 Å². The Balaban J connectivity index is 1.79. The lowest BCUT2D eigenvalue weighted by Gasteiger charge is -2.15. The van der Waals surface area contributed by atoms with Crippen molar-refractivity contribution in [3.63, 3.8) is 0 Å². The minimum absolute atomic E-state index is 0.898. The molecular weight excluding hydrogens is 223 g/mol. The maximum absolute atomic E-state index is 2.63. The number of hydrogen-bond donors (Lipinski definition) is 0. The van der Waals surface area contributed by atoms with E-state index in [4.69, 9.17) is 0 Å². The largest absolute Gasteiger partial charge is 0.162 e. The van der Waals surface area contributed by atoms with Gasteiger partial charge in [-0.05, 0) is 31.9 Å². The van der Waals surface area contributed by atoms with E-state index in [1.54, 1.807) is 5.47 Å². The van der Waals surface area contributed by atoms with Crippen molar-refractivity contribution in [3.05, 3.63) is 11.5 Å². The van der Waals surface area contributed by atoms with Gasteiger partial charge in [0, 0.05) is 5.25 Å². The summed E-state index contributed by atoms with van der Waals surface area (Å²) in [6, 6.07) is 0. The van der Waals surface area contributed by atoms with Crippen LogP contribution in [0, 0.1) is 0 Å². The highest BCUT2D eigenvalue weighted by Gasteiger charge is 2.18. The van der Waals surface area contributed by atoms with Crippen molar-refractivity contribution >= 4 is 19.0 Å². The summed E-state index contributed by atoms with van der Waals surface area (Å²) in [6.45, 7) is 0. The molecule has 1 radical (unpaired) electrons. The van der Waals surface area contributed by atoms with Crippen molar-refractivity contribution in [2.24, 2.45) is 0 Å². The van der Waals surface area contributed by atoms with E-state index in [0.29, 0.717) is 0 Å². The van der Waals surface area contributed by atoms with E-state index in [0.717, 1.165) is 11.1 Å². The lowest BCUT2D eigenvalue weighted by atomic mass is 9.55. The number of thioether (sulfide) groups is 1. The van der Waals surface area contributed by atoms with Crippen LogP contribution in [0.15, 0.2) is 11.5 Å². The van der Waals surface area contributed by atoms with Crippen LogP contribution in [-0.2, 0) is 0 Å². The summed E-state index contributed by atoms with van der Waals surface area (Å²) in [5.74, 6) is 0.898. The zero-order valence-corrected chi connectivity index (χ0v) is 12.1. The summed E-state index contributed by atoms with van der Waals surface area (Å²) in [5, 5.41) is 0.909. The predicted octanol–water partition coefficient (Wildman–Crippen LogP) is 5.02. The Bertz CT molecular complexity index is 241. The fourth-order valence-corrected chi connectivity index (χ4v) is 3.92. The molecule has 1 unspecified atom stereocenters. The van der Waals surface area contributed by atoms with E-state index in [1.165, 1.54) is 64.2 Å². The Kier molecular flexibility index (Phi) is 6.04. The predicted molar refractivity (Wildman–Crippen MR) is 81.1 cm³/mol. The van der Waals surface area contributed by atoms with Crippen LogP contribution in [-0.4, -0.2) is 18.8 Å². The van der Waals surface area contributed by atoms with Crippen molar-refractivity contribution in [2.75, 3.05) is 6.26 Å². The number of allylic oxidation sites excluding steroid dienone is 2. The normalized spacial score (nSPS) is 28.1. The first-order valence-electron chi connectivity index (χ1n) is 7.45. The molecule has 2 aliphatic carbocycles. The third kappa shape index (κ3) is 4.73. The Morgan fingerprint density at radius 3 is 2.53 bits per heavy atom. The standard InChI is InChI=1S/C15H26BS/c1-17-15-10-6-9-14(11-12-15)16-13-7-4-2-3-5-8-13/h9,13,15H,2-8,10-12H2,1H3. The summed E-state index contributed by atoms with van der Waals surface area (Å²) < 4.78 is 0. The number of hydrogen-bond acceptors (Lipinski definition) is 1. The summed E-state index contributed by atoms with van der Waals surface area (Å²) in [7, 11) is 2.63. The Morgan fingerprint density at radius 1 is 1.06 bits per heavy atom. The molecule has 1 fully saturated rings. The zero-order chi connectivity index (χ0) is 11.9. The summed E-state index contributed by atoms with van der Waals surface area (Å²) >= 11 is 2.06. The van der Waals surface area contributed by atoms with Crippen LogP contribution < -0.4 is 0 Å². The molecule has 2 aliphatic rings. The topological polar surface area (TPSA) is 0 Å². The Hall–Kier alpha value is 0.155. The van der Waals surface area contributed by atoms with Crippen LogP contribution in [0.25, 0.3) is 0 Å². The van der Waals surface area contributed by atoms with Crippen LogP contribution in [0.3, 0.4) is 0 Å². The van der Waals surface area contributed by atoms with Gasteiger partial charge in [-0.3, -0.25) is 0 Å². The van der Waals surface area contributed by atoms with Gasteiger partial charge in [0.25, 0.3) is 0 Å². The van der Waals surface area contributed by atoms with Crippen LogP contribution in [0.2, 0.25) is 5.82 Å². The molecule has 0 nitrogen and oxygen atoms in total. The Morgan fingerprint density at radius 2 is 1.82 bits per heavy atom. The van der Waals surface area contributed by atoms with Crippen molar-refractivity contribution in [2.45, 2.75) is 75.3 Å². The molecule has 17 heavy (non-hydrogen) atoms. The van der Waals surface area contributed by atoms with Crippen molar-refractivity contribution < 1.29 is 0 Å². The van der Waals surface area contributed by atoms with Gasteiger partial charge in [0.2, 0.25) is 0 Å². The van der Waals surface area contributed by atoms with Gasteiger partial charge < -0.3 is 0 Å². The van der Waals surface area contributed by atoms with Gasteiger partial charge in [0.1, 0.15) is 7.28 Å². The average Bonchev–Trinajstić information content (AvgIpc) is 2.72. The fraction of sp³-hybridized carbons (Fsp3) is 0.867. The lowest BCUT2D eigenvalue weighted by Crippen LogP contribution is -2.07. The third-order valence-electron chi connectivity index (χ3n) is 4.33. The molecule has 1 atom stereocenters. The van der Waals surface area contributed by atoms with Crippen LogP contribution in [0.5, 0.6) is 0 Å². The van der Waals surface area contributed by atoms with E-state index >= 15 is 0 Å². The molecule has 0 aromatic rings. The monoisotopic (exact) mass is 249 g/mol. The van der Waals surface area contributed by atoms with Gasteiger partial charge >= 0.3 is 0 Å².